The van der Waals surface area contributed by atoms with Gasteiger partial charge in [0.1, 0.15) is 10.8 Å². The van der Waals surface area contributed by atoms with Gasteiger partial charge in [-0.1, -0.05) is 0 Å². The molecular weight excluding hydrogens is 495 g/mol. The van der Waals surface area contributed by atoms with Gasteiger partial charge < -0.3 is 0 Å². The molecule has 0 spiro atoms. The van der Waals surface area contributed by atoms with Crippen molar-refractivity contribution in [3.8, 4) is 10.6 Å². The number of hydrogen-bond donors (Lipinski definition) is 0. The smallest absolute Gasteiger partial charge is 0.258 e. The Morgan fingerprint density at radius 2 is 1.42 bits per heavy atom. The number of halogens is 1. The van der Waals surface area contributed by atoms with Crippen LogP contribution in [-0.4, -0.2) is 61.5 Å². The van der Waals surface area contributed by atoms with Gasteiger partial charge in [0.15, 0.2) is 4.21 Å². The summed E-state index contributed by atoms with van der Waals surface area (Å²) in [4.78, 5) is 14.2. The van der Waals surface area contributed by atoms with Crippen LogP contribution in [0.5, 0.6) is 0 Å². The van der Waals surface area contributed by atoms with E-state index in [1.54, 1.807) is 0 Å². The van der Waals surface area contributed by atoms with Crippen molar-refractivity contribution in [2.45, 2.75) is 9.10 Å². The second kappa shape index (κ2) is 8.87. The number of nitrogens with zero attached hydrogens (tertiary/aromatic N) is 4. The summed E-state index contributed by atoms with van der Waals surface area (Å²) in [5.74, 6) is -0.412. The van der Waals surface area contributed by atoms with E-state index in [1.165, 1.54) is 34.8 Å². The Balaban J connectivity index is 1.47. The number of hydrogen-bond acceptors (Lipinski definition) is 8. The van der Waals surface area contributed by atoms with E-state index in [9.17, 15) is 31.3 Å². The van der Waals surface area contributed by atoms with Crippen molar-refractivity contribution in [3.05, 3.63) is 70.7 Å². The Bertz CT molecular complexity index is 1380. The molecule has 10 nitrogen and oxygen atoms in total. The highest BCUT2D eigenvalue weighted by molar-refractivity contribution is 7.91. The molecule has 0 aliphatic carbocycles. The topological polar surface area (TPSA) is 131 Å². The third kappa shape index (κ3) is 4.65. The Kier molecular flexibility index (Phi) is 6.28. The number of nitro groups is 1. The lowest BCUT2D eigenvalue weighted by molar-refractivity contribution is -0.384. The first-order valence-corrected chi connectivity index (χ1v) is 13.3. The van der Waals surface area contributed by atoms with Crippen molar-refractivity contribution in [1.82, 2.24) is 13.6 Å². The molecule has 0 unspecified atom stereocenters. The number of nitro benzene ring substituents is 1. The van der Waals surface area contributed by atoms with Crippen molar-refractivity contribution >= 4 is 37.1 Å². The number of non-ortho nitro benzene ring substituents is 1. The van der Waals surface area contributed by atoms with E-state index >= 15 is 0 Å². The summed E-state index contributed by atoms with van der Waals surface area (Å²) in [6.45, 7) is -0.249. The first kappa shape index (κ1) is 23.4. The number of sulfonamides is 2. The largest absolute Gasteiger partial charge is 0.269 e. The zero-order chi connectivity index (χ0) is 23.8. The summed E-state index contributed by atoms with van der Waals surface area (Å²) >= 11 is 0.949. The first-order valence-electron chi connectivity index (χ1n) is 9.55. The minimum absolute atomic E-state index is 0.00787. The molecule has 1 aromatic heterocycles. The molecule has 0 bridgehead atoms. The van der Waals surface area contributed by atoms with Gasteiger partial charge in [-0.3, -0.25) is 10.1 Å². The zero-order valence-corrected chi connectivity index (χ0v) is 19.3. The van der Waals surface area contributed by atoms with E-state index in [0.29, 0.717) is 10.6 Å². The molecule has 2 heterocycles. The molecule has 33 heavy (non-hydrogen) atoms. The number of piperazine rings is 1. The Labute approximate surface area is 193 Å². The Morgan fingerprint density at radius 1 is 0.879 bits per heavy atom. The number of benzene rings is 2. The molecule has 1 saturated heterocycles. The summed E-state index contributed by atoms with van der Waals surface area (Å²) in [6, 6.07) is 10.1. The fourth-order valence-electron chi connectivity index (χ4n) is 3.27. The Hall–Kier alpha value is -2.78. The summed E-state index contributed by atoms with van der Waals surface area (Å²) < 4.78 is 67.2. The van der Waals surface area contributed by atoms with Crippen LogP contribution in [0.2, 0.25) is 0 Å². The minimum atomic E-state index is -3.92. The van der Waals surface area contributed by atoms with Crippen LogP contribution in [0.25, 0.3) is 10.6 Å². The second-order valence-corrected chi connectivity index (χ2v) is 12.2. The SMILES string of the molecule is O=[N+]([O-])c1ccc(S(=O)(=O)N2CCN(S(=O)(=O)c3cnc(-c4ccc(F)cc4)s3)CC2)cc1. The van der Waals surface area contributed by atoms with Crippen LogP contribution in [0.3, 0.4) is 0 Å². The second-order valence-electron chi connectivity index (χ2n) is 7.05. The van der Waals surface area contributed by atoms with E-state index in [4.69, 9.17) is 0 Å². The molecule has 1 aliphatic rings. The maximum Gasteiger partial charge on any atom is 0.269 e. The monoisotopic (exact) mass is 512 g/mol. The Morgan fingerprint density at radius 3 is 1.97 bits per heavy atom. The molecule has 2 aromatic carbocycles. The highest BCUT2D eigenvalue weighted by atomic mass is 32.2. The van der Waals surface area contributed by atoms with Crippen LogP contribution in [0, 0.1) is 15.9 Å². The quantitative estimate of drug-likeness (QED) is 0.366. The van der Waals surface area contributed by atoms with Gasteiger partial charge in [-0.2, -0.15) is 8.61 Å². The minimum Gasteiger partial charge on any atom is -0.258 e. The van der Waals surface area contributed by atoms with Gasteiger partial charge in [0.2, 0.25) is 10.0 Å². The number of thiazole rings is 1. The molecule has 3 aromatic rings. The van der Waals surface area contributed by atoms with Crippen LogP contribution in [-0.2, 0) is 20.0 Å². The first-order chi connectivity index (χ1) is 15.6. The number of aromatic nitrogens is 1. The average Bonchev–Trinajstić information content (AvgIpc) is 3.31. The number of rotatable bonds is 6. The van der Waals surface area contributed by atoms with Crippen molar-refractivity contribution < 1.29 is 26.1 Å². The van der Waals surface area contributed by atoms with Gasteiger partial charge in [0.05, 0.1) is 16.0 Å². The van der Waals surface area contributed by atoms with Crippen LogP contribution in [0.4, 0.5) is 10.1 Å². The average molecular weight is 513 g/mol. The standard InChI is InChI=1S/C19H17FN4O6S3/c20-15-3-1-14(2-4-15)19-21-13-18(31-19)33(29,30)23-11-9-22(10-12-23)32(27,28)17-7-5-16(6-8-17)24(25)26/h1-8,13H,9-12H2. The molecule has 0 radical (unpaired) electrons. The molecule has 1 aliphatic heterocycles. The van der Waals surface area contributed by atoms with Gasteiger partial charge in [-0.15, -0.1) is 11.3 Å². The lowest BCUT2D eigenvalue weighted by Gasteiger charge is -2.32. The van der Waals surface area contributed by atoms with Gasteiger partial charge in [0.25, 0.3) is 15.7 Å². The van der Waals surface area contributed by atoms with Crippen LogP contribution in [0.1, 0.15) is 0 Å². The highest BCUT2D eigenvalue weighted by Gasteiger charge is 2.35. The van der Waals surface area contributed by atoms with Crippen LogP contribution >= 0.6 is 11.3 Å². The summed E-state index contributed by atoms with van der Waals surface area (Å²) in [5, 5.41) is 11.2. The molecule has 174 valence electrons. The summed E-state index contributed by atoms with van der Waals surface area (Å²) in [5.41, 5.74) is 0.358. The molecule has 4 rings (SSSR count). The fraction of sp³-hybridized carbons (Fsp3) is 0.211. The normalized spacial score (nSPS) is 16.0. The molecule has 14 heteroatoms. The third-order valence-corrected chi connectivity index (χ3v) is 10.3. The van der Waals surface area contributed by atoms with Crippen molar-refractivity contribution in [3.63, 3.8) is 0 Å². The van der Waals surface area contributed by atoms with Gasteiger partial charge >= 0.3 is 0 Å². The molecular formula is C19H17FN4O6S3. The fourth-order valence-corrected chi connectivity index (χ4v) is 7.41. The predicted molar refractivity (Wildman–Crippen MR) is 118 cm³/mol. The van der Waals surface area contributed by atoms with Crippen molar-refractivity contribution in [2.75, 3.05) is 26.2 Å². The molecule has 0 amide bonds. The van der Waals surface area contributed by atoms with Crippen LogP contribution in [0.15, 0.2) is 63.8 Å². The predicted octanol–water partition coefficient (Wildman–Crippen LogP) is 2.55. The van der Waals surface area contributed by atoms with Gasteiger partial charge in [-0.25, -0.2) is 26.2 Å². The van der Waals surface area contributed by atoms with E-state index in [0.717, 1.165) is 39.9 Å². The lowest BCUT2D eigenvalue weighted by Crippen LogP contribution is -2.50. The van der Waals surface area contributed by atoms with E-state index < -0.39 is 30.8 Å². The van der Waals surface area contributed by atoms with E-state index in [-0.39, 0.29) is 41.0 Å². The maximum absolute atomic E-state index is 13.1. The molecule has 0 saturated carbocycles. The van der Waals surface area contributed by atoms with Gasteiger partial charge in [-0.05, 0) is 36.4 Å². The molecule has 0 atom stereocenters. The van der Waals surface area contributed by atoms with Crippen LogP contribution < -0.4 is 0 Å². The maximum atomic E-state index is 13.1. The highest BCUT2D eigenvalue weighted by Crippen LogP contribution is 2.31. The molecule has 0 N–H and O–H groups in total. The van der Waals surface area contributed by atoms with E-state index in [1.807, 2.05) is 0 Å². The van der Waals surface area contributed by atoms with Gasteiger partial charge in [0, 0.05) is 43.9 Å². The van der Waals surface area contributed by atoms with Crippen molar-refractivity contribution in [2.24, 2.45) is 0 Å². The summed E-state index contributed by atoms with van der Waals surface area (Å²) in [7, 11) is -7.81. The summed E-state index contributed by atoms with van der Waals surface area (Å²) in [6.07, 6.45) is 1.23. The van der Waals surface area contributed by atoms with Crippen molar-refractivity contribution in [1.29, 1.82) is 0 Å². The van der Waals surface area contributed by atoms with E-state index in [2.05, 4.69) is 4.98 Å². The third-order valence-electron chi connectivity index (χ3n) is 5.05. The zero-order valence-electron chi connectivity index (χ0n) is 16.9. The lowest BCUT2D eigenvalue weighted by atomic mass is 10.2. The molecule has 1 fully saturated rings.